The van der Waals surface area contributed by atoms with Crippen LogP contribution in [0.3, 0.4) is 0 Å². The van der Waals surface area contributed by atoms with Crippen LogP contribution in [0.15, 0.2) is 48.5 Å². The Kier molecular flexibility index (Phi) is 4.57. The standard InChI is InChI=1S/C15H14O5/c1-18-15(11-2-4-12(17)5-3-11)20-14-8-6-13(7-9-14)19-10-16/h2-10,15,17H,1H3. The molecular weight excluding hydrogens is 260 g/mol. The maximum Gasteiger partial charge on any atom is 0.298 e. The molecule has 0 fully saturated rings. The van der Waals surface area contributed by atoms with Crippen LogP contribution in [0.2, 0.25) is 0 Å². The van der Waals surface area contributed by atoms with Crippen molar-refractivity contribution in [1.82, 2.24) is 0 Å². The molecule has 0 saturated carbocycles. The van der Waals surface area contributed by atoms with E-state index in [1.807, 2.05) is 0 Å². The first-order chi connectivity index (χ1) is 9.72. The van der Waals surface area contributed by atoms with Crippen LogP contribution >= 0.6 is 0 Å². The smallest absolute Gasteiger partial charge is 0.298 e. The molecule has 2 aromatic rings. The van der Waals surface area contributed by atoms with Crippen molar-refractivity contribution in [3.8, 4) is 17.2 Å². The minimum Gasteiger partial charge on any atom is -0.508 e. The molecule has 0 heterocycles. The zero-order valence-electron chi connectivity index (χ0n) is 10.9. The van der Waals surface area contributed by atoms with Gasteiger partial charge >= 0.3 is 0 Å². The first-order valence-corrected chi connectivity index (χ1v) is 5.91. The average molecular weight is 274 g/mol. The maximum atomic E-state index is 10.2. The summed E-state index contributed by atoms with van der Waals surface area (Å²) in [6.07, 6.45) is -0.589. The molecule has 20 heavy (non-hydrogen) atoms. The Morgan fingerprint density at radius 3 is 2.15 bits per heavy atom. The SMILES string of the molecule is COC(Oc1ccc(OC=O)cc1)c1ccc(O)cc1. The Labute approximate surface area is 116 Å². The van der Waals surface area contributed by atoms with Gasteiger partial charge in [-0.15, -0.1) is 0 Å². The normalized spacial score (nSPS) is 11.7. The van der Waals surface area contributed by atoms with E-state index in [2.05, 4.69) is 0 Å². The van der Waals surface area contributed by atoms with Crippen molar-refractivity contribution in [3.05, 3.63) is 54.1 Å². The largest absolute Gasteiger partial charge is 0.508 e. The molecule has 0 aliphatic heterocycles. The minimum atomic E-state index is -0.589. The first-order valence-electron chi connectivity index (χ1n) is 5.91. The van der Waals surface area contributed by atoms with Crippen LogP contribution in [-0.4, -0.2) is 18.7 Å². The number of ether oxygens (including phenoxy) is 3. The Balaban J connectivity index is 2.09. The number of benzene rings is 2. The Bertz CT molecular complexity index is 547. The second kappa shape index (κ2) is 6.58. The minimum absolute atomic E-state index is 0.180. The van der Waals surface area contributed by atoms with Crippen molar-refractivity contribution in [2.24, 2.45) is 0 Å². The van der Waals surface area contributed by atoms with Gasteiger partial charge in [-0.3, -0.25) is 4.79 Å². The lowest BCUT2D eigenvalue weighted by Gasteiger charge is -2.18. The van der Waals surface area contributed by atoms with E-state index in [9.17, 15) is 9.90 Å². The Hall–Kier alpha value is -2.53. The van der Waals surface area contributed by atoms with E-state index in [1.54, 1.807) is 48.5 Å². The average Bonchev–Trinajstić information content (AvgIpc) is 2.48. The fraction of sp³-hybridized carbons (Fsp3) is 0.133. The van der Waals surface area contributed by atoms with Crippen LogP contribution in [0.25, 0.3) is 0 Å². The fourth-order valence-corrected chi connectivity index (χ4v) is 1.66. The molecule has 0 aromatic heterocycles. The summed E-state index contributed by atoms with van der Waals surface area (Å²) in [5.41, 5.74) is 0.776. The molecule has 1 atom stereocenters. The predicted molar refractivity (Wildman–Crippen MR) is 71.6 cm³/mol. The topological polar surface area (TPSA) is 65.0 Å². The summed E-state index contributed by atoms with van der Waals surface area (Å²) in [6, 6.07) is 13.1. The quantitative estimate of drug-likeness (QED) is 0.648. The summed E-state index contributed by atoms with van der Waals surface area (Å²) in [7, 11) is 1.53. The molecule has 0 aliphatic carbocycles. The van der Waals surface area contributed by atoms with Crippen molar-refractivity contribution in [2.45, 2.75) is 6.29 Å². The molecule has 5 heteroatoms. The molecule has 0 aliphatic rings. The number of hydrogen-bond acceptors (Lipinski definition) is 5. The highest BCUT2D eigenvalue weighted by Crippen LogP contribution is 2.25. The second-order valence-corrected chi connectivity index (χ2v) is 3.96. The molecule has 0 radical (unpaired) electrons. The van der Waals surface area contributed by atoms with Crippen LogP contribution in [0.4, 0.5) is 0 Å². The number of aromatic hydroxyl groups is 1. The van der Waals surface area contributed by atoms with Crippen LogP contribution in [-0.2, 0) is 9.53 Å². The summed E-state index contributed by atoms with van der Waals surface area (Å²) in [5.74, 6) is 1.19. The van der Waals surface area contributed by atoms with Gasteiger partial charge in [0.2, 0.25) is 6.29 Å². The molecular formula is C15H14O5. The highest BCUT2D eigenvalue weighted by Gasteiger charge is 2.12. The van der Waals surface area contributed by atoms with E-state index in [0.717, 1.165) is 5.56 Å². The van der Waals surface area contributed by atoms with Gasteiger partial charge in [-0.1, -0.05) is 0 Å². The number of hydrogen-bond donors (Lipinski definition) is 1. The number of carbonyl (C=O) groups excluding carboxylic acids is 1. The van der Waals surface area contributed by atoms with Gasteiger partial charge in [0.15, 0.2) is 0 Å². The summed E-state index contributed by atoms with van der Waals surface area (Å²) in [5, 5.41) is 9.26. The van der Waals surface area contributed by atoms with Crippen LogP contribution < -0.4 is 9.47 Å². The van der Waals surface area contributed by atoms with Crippen molar-refractivity contribution >= 4 is 6.47 Å². The number of phenolic OH excluding ortho intramolecular Hbond substituents is 1. The lowest BCUT2D eigenvalue weighted by molar-refractivity contribution is -0.120. The van der Waals surface area contributed by atoms with Crippen LogP contribution in [0.1, 0.15) is 11.9 Å². The molecule has 1 N–H and O–H groups in total. The molecule has 2 aromatic carbocycles. The van der Waals surface area contributed by atoms with Gasteiger partial charge in [0.1, 0.15) is 17.2 Å². The molecule has 5 nitrogen and oxygen atoms in total. The van der Waals surface area contributed by atoms with Gasteiger partial charge in [-0.05, 0) is 48.5 Å². The highest BCUT2D eigenvalue weighted by atomic mass is 16.7. The lowest BCUT2D eigenvalue weighted by atomic mass is 10.2. The van der Waals surface area contributed by atoms with Crippen LogP contribution in [0, 0.1) is 0 Å². The zero-order valence-corrected chi connectivity index (χ0v) is 10.9. The van der Waals surface area contributed by atoms with E-state index < -0.39 is 6.29 Å². The molecule has 0 saturated heterocycles. The van der Waals surface area contributed by atoms with E-state index in [4.69, 9.17) is 14.2 Å². The van der Waals surface area contributed by atoms with E-state index in [1.165, 1.54) is 7.11 Å². The van der Waals surface area contributed by atoms with E-state index >= 15 is 0 Å². The molecule has 0 amide bonds. The van der Waals surface area contributed by atoms with E-state index in [-0.39, 0.29) is 5.75 Å². The predicted octanol–water partition coefficient (Wildman–Crippen LogP) is 2.65. The Morgan fingerprint density at radius 1 is 1.00 bits per heavy atom. The van der Waals surface area contributed by atoms with Gasteiger partial charge in [0, 0.05) is 12.7 Å². The molecule has 2 rings (SSSR count). The third-order valence-corrected chi connectivity index (χ3v) is 2.63. The molecule has 0 spiro atoms. The number of rotatable bonds is 6. The number of methoxy groups -OCH3 is 1. The van der Waals surface area contributed by atoms with Crippen molar-refractivity contribution in [1.29, 1.82) is 0 Å². The summed E-state index contributed by atoms with van der Waals surface area (Å²) in [4.78, 5) is 10.2. The molecule has 0 bridgehead atoms. The Morgan fingerprint density at radius 2 is 1.60 bits per heavy atom. The maximum absolute atomic E-state index is 10.2. The summed E-state index contributed by atoms with van der Waals surface area (Å²) < 4.78 is 15.6. The van der Waals surface area contributed by atoms with Crippen molar-refractivity contribution < 1.29 is 24.1 Å². The highest BCUT2D eigenvalue weighted by molar-refractivity contribution is 5.46. The van der Waals surface area contributed by atoms with Gasteiger partial charge in [-0.2, -0.15) is 0 Å². The molecule has 1 unspecified atom stereocenters. The summed E-state index contributed by atoms with van der Waals surface area (Å²) >= 11 is 0. The fourth-order valence-electron chi connectivity index (χ4n) is 1.66. The van der Waals surface area contributed by atoms with Gasteiger partial charge in [-0.25, -0.2) is 0 Å². The van der Waals surface area contributed by atoms with E-state index in [0.29, 0.717) is 18.0 Å². The van der Waals surface area contributed by atoms with Crippen LogP contribution in [0.5, 0.6) is 17.2 Å². The number of carbonyl (C=O) groups is 1. The third-order valence-electron chi connectivity index (χ3n) is 2.63. The van der Waals surface area contributed by atoms with Gasteiger partial charge in [0.05, 0.1) is 0 Å². The summed E-state index contributed by atoms with van der Waals surface area (Å²) in [6.45, 7) is 0.365. The zero-order chi connectivity index (χ0) is 14.4. The van der Waals surface area contributed by atoms with Crippen molar-refractivity contribution in [3.63, 3.8) is 0 Å². The third kappa shape index (κ3) is 3.49. The van der Waals surface area contributed by atoms with Gasteiger partial charge < -0.3 is 19.3 Å². The monoisotopic (exact) mass is 274 g/mol. The second-order valence-electron chi connectivity index (χ2n) is 3.96. The van der Waals surface area contributed by atoms with Gasteiger partial charge in [0.25, 0.3) is 6.47 Å². The van der Waals surface area contributed by atoms with Crippen molar-refractivity contribution in [2.75, 3.05) is 7.11 Å². The number of phenols is 1. The first kappa shape index (κ1) is 13.9. The molecule has 104 valence electrons. The lowest BCUT2D eigenvalue weighted by Crippen LogP contribution is -2.09.